The van der Waals surface area contributed by atoms with Crippen molar-refractivity contribution in [3.8, 4) is 0 Å². The van der Waals surface area contributed by atoms with Crippen molar-refractivity contribution in [2.75, 3.05) is 13.2 Å². The summed E-state index contributed by atoms with van der Waals surface area (Å²) >= 11 is 0. The molecule has 31 heavy (non-hydrogen) atoms. The van der Waals surface area contributed by atoms with E-state index in [0.717, 1.165) is 24.8 Å². The maximum Gasteiger partial charge on any atom is 0.222 e. The molecule has 4 N–H and O–H groups in total. The van der Waals surface area contributed by atoms with Crippen LogP contribution in [0.2, 0.25) is 0 Å². The van der Waals surface area contributed by atoms with Crippen LogP contribution in [0.25, 0.3) is 0 Å². The van der Waals surface area contributed by atoms with E-state index < -0.39 is 0 Å². The maximum atomic E-state index is 12.5. The number of hydrogen-bond donors (Lipinski definition) is 3. The highest BCUT2D eigenvalue weighted by Crippen LogP contribution is 2.16. The lowest BCUT2D eigenvalue weighted by atomic mass is 10.0. The van der Waals surface area contributed by atoms with E-state index in [0.29, 0.717) is 26.0 Å². The number of amides is 1. The van der Waals surface area contributed by atoms with Crippen LogP contribution in [0.15, 0.2) is 30.3 Å². The summed E-state index contributed by atoms with van der Waals surface area (Å²) in [5.74, 6) is -0.0509. The Morgan fingerprint density at radius 2 is 1.61 bits per heavy atom. The van der Waals surface area contributed by atoms with Crippen molar-refractivity contribution < 1.29 is 14.6 Å². The Morgan fingerprint density at radius 1 is 0.968 bits per heavy atom. The van der Waals surface area contributed by atoms with Crippen molar-refractivity contribution in [1.82, 2.24) is 5.32 Å². The zero-order valence-corrected chi connectivity index (χ0v) is 19.7. The third-order valence-corrected chi connectivity index (χ3v) is 5.71. The fourth-order valence-corrected chi connectivity index (χ4v) is 3.78. The van der Waals surface area contributed by atoms with Gasteiger partial charge < -0.3 is 20.9 Å². The van der Waals surface area contributed by atoms with E-state index in [4.69, 9.17) is 10.5 Å². The molecule has 178 valence electrons. The lowest BCUT2D eigenvalue weighted by Crippen LogP contribution is -2.39. The molecule has 0 radical (unpaired) electrons. The molecule has 0 aliphatic rings. The summed E-state index contributed by atoms with van der Waals surface area (Å²) in [5, 5.41) is 12.4. The first-order valence-corrected chi connectivity index (χ1v) is 12.4. The number of nitrogens with one attached hydrogen (secondary N) is 1. The van der Waals surface area contributed by atoms with Crippen LogP contribution < -0.4 is 11.1 Å². The molecule has 1 aromatic carbocycles. The molecule has 0 heterocycles. The predicted octanol–water partition coefficient (Wildman–Crippen LogP) is 5.10. The van der Waals surface area contributed by atoms with E-state index in [9.17, 15) is 9.90 Å². The third kappa shape index (κ3) is 15.1. The first-order chi connectivity index (χ1) is 15.2. The number of carbonyl (C=O) groups excluding carboxylic acids is 1. The van der Waals surface area contributed by atoms with E-state index in [2.05, 4.69) is 12.2 Å². The van der Waals surface area contributed by atoms with Crippen LogP contribution in [0.4, 0.5) is 0 Å². The standard InChI is InChI=1S/C26H46N2O3/c1-2-3-4-5-6-7-8-9-13-18-25(31-22-23-15-11-10-12-16-23)20-26(30)28-24(21-29)17-14-19-27/h10-12,15-16,24-25,29H,2-9,13-14,17-22,27H2,1H3,(H,28,30)/t24-,25?/m1/s1. The lowest BCUT2D eigenvalue weighted by Gasteiger charge is -2.21. The highest BCUT2D eigenvalue weighted by atomic mass is 16.5. The number of nitrogens with two attached hydrogens (primary N) is 1. The number of aliphatic hydroxyl groups is 1. The van der Waals surface area contributed by atoms with Crippen LogP contribution in [0, 0.1) is 0 Å². The zero-order chi connectivity index (χ0) is 22.6. The van der Waals surface area contributed by atoms with Crippen LogP contribution in [0.5, 0.6) is 0 Å². The molecule has 0 aliphatic carbocycles. The first-order valence-electron chi connectivity index (χ1n) is 12.4. The largest absolute Gasteiger partial charge is 0.394 e. The molecule has 5 heteroatoms. The monoisotopic (exact) mass is 434 g/mol. The number of aliphatic hydroxyl groups excluding tert-OH is 1. The summed E-state index contributed by atoms with van der Waals surface area (Å²) in [5.41, 5.74) is 6.66. The Morgan fingerprint density at radius 3 is 2.23 bits per heavy atom. The van der Waals surface area contributed by atoms with E-state index in [-0.39, 0.29) is 24.7 Å². The van der Waals surface area contributed by atoms with Crippen molar-refractivity contribution in [2.45, 2.75) is 109 Å². The zero-order valence-electron chi connectivity index (χ0n) is 19.7. The molecule has 0 saturated carbocycles. The van der Waals surface area contributed by atoms with Crippen LogP contribution >= 0.6 is 0 Å². The van der Waals surface area contributed by atoms with E-state index in [1.807, 2.05) is 30.3 Å². The van der Waals surface area contributed by atoms with Gasteiger partial charge in [-0.3, -0.25) is 4.79 Å². The van der Waals surface area contributed by atoms with Gasteiger partial charge in [0.25, 0.3) is 0 Å². The van der Waals surface area contributed by atoms with Gasteiger partial charge in [0.1, 0.15) is 0 Å². The second kappa shape index (κ2) is 19.3. The Bertz CT molecular complexity index is 539. The molecule has 2 atom stereocenters. The van der Waals surface area contributed by atoms with Gasteiger partial charge in [0.05, 0.1) is 31.8 Å². The predicted molar refractivity (Wildman–Crippen MR) is 129 cm³/mol. The molecule has 1 aromatic rings. The molecule has 0 spiro atoms. The van der Waals surface area contributed by atoms with Gasteiger partial charge in [-0.2, -0.15) is 0 Å². The number of carbonyl (C=O) groups is 1. The fraction of sp³-hybridized carbons (Fsp3) is 0.731. The highest BCUT2D eigenvalue weighted by molar-refractivity contribution is 5.76. The summed E-state index contributed by atoms with van der Waals surface area (Å²) in [6, 6.07) is 9.87. The lowest BCUT2D eigenvalue weighted by molar-refractivity contribution is -0.125. The molecule has 0 aromatic heterocycles. The highest BCUT2D eigenvalue weighted by Gasteiger charge is 2.17. The van der Waals surface area contributed by atoms with Gasteiger partial charge in [-0.25, -0.2) is 0 Å². The van der Waals surface area contributed by atoms with Crippen molar-refractivity contribution in [1.29, 1.82) is 0 Å². The van der Waals surface area contributed by atoms with E-state index in [1.165, 1.54) is 51.4 Å². The SMILES string of the molecule is CCCCCCCCCCCC(CC(=O)N[C@@H](CO)CCCN)OCc1ccccc1. The molecule has 1 rings (SSSR count). The van der Waals surface area contributed by atoms with Gasteiger partial charge in [-0.05, 0) is 31.4 Å². The average Bonchev–Trinajstić information content (AvgIpc) is 2.79. The summed E-state index contributed by atoms with van der Waals surface area (Å²) in [6.45, 7) is 3.28. The van der Waals surface area contributed by atoms with Gasteiger partial charge in [-0.15, -0.1) is 0 Å². The maximum absolute atomic E-state index is 12.5. The second-order valence-corrected chi connectivity index (χ2v) is 8.62. The minimum atomic E-state index is -0.224. The van der Waals surface area contributed by atoms with Crippen LogP contribution in [-0.4, -0.2) is 36.3 Å². The minimum absolute atomic E-state index is 0.0509. The first kappa shape index (κ1) is 27.6. The Kier molecular flexibility index (Phi) is 17.2. The Labute approximate surface area is 190 Å². The number of benzene rings is 1. The molecule has 0 aliphatic heterocycles. The van der Waals surface area contributed by atoms with Gasteiger partial charge in [0.15, 0.2) is 0 Å². The van der Waals surface area contributed by atoms with Crippen LogP contribution in [0.1, 0.15) is 96.0 Å². The van der Waals surface area contributed by atoms with Crippen molar-refractivity contribution in [2.24, 2.45) is 5.73 Å². The Balaban J connectivity index is 2.38. The number of rotatable bonds is 20. The average molecular weight is 435 g/mol. The molecule has 1 unspecified atom stereocenters. The van der Waals surface area contributed by atoms with Crippen molar-refractivity contribution >= 4 is 5.91 Å². The molecular weight excluding hydrogens is 388 g/mol. The number of unbranched alkanes of at least 4 members (excludes halogenated alkanes) is 8. The molecule has 1 amide bonds. The van der Waals surface area contributed by atoms with Gasteiger partial charge in [-0.1, -0.05) is 95.0 Å². The minimum Gasteiger partial charge on any atom is -0.394 e. The number of ether oxygens (including phenoxy) is 1. The molecule has 0 saturated heterocycles. The third-order valence-electron chi connectivity index (χ3n) is 5.71. The molecule has 0 bridgehead atoms. The molecular formula is C26H46N2O3. The summed E-state index contributed by atoms with van der Waals surface area (Å²) < 4.78 is 6.12. The second-order valence-electron chi connectivity index (χ2n) is 8.62. The van der Waals surface area contributed by atoms with E-state index >= 15 is 0 Å². The molecule has 0 fully saturated rings. The van der Waals surface area contributed by atoms with Gasteiger partial charge in [0.2, 0.25) is 5.91 Å². The van der Waals surface area contributed by atoms with Gasteiger partial charge in [0, 0.05) is 0 Å². The van der Waals surface area contributed by atoms with Gasteiger partial charge >= 0.3 is 0 Å². The van der Waals surface area contributed by atoms with Crippen molar-refractivity contribution in [3.63, 3.8) is 0 Å². The Hall–Kier alpha value is -1.43. The topological polar surface area (TPSA) is 84.6 Å². The van der Waals surface area contributed by atoms with Crippen LogP contribution in [0.3, 0.4) is 0 Å². The van der Waals surface area contributed by atoms with Crippen molar-refractivity contribution in [3.05, 3.63) is 35.9 Å². The smallest absolute Gasteiger partial charge is 0.222 e. The quantitative estimate of drug-likeness (QED) is 0.249. The van der Waals surface area contributed by atoms with Crippen LogP contribution in [-0.2, 0) is 16.1 Å². The summed E-state index contributed by atoms with van der Waals surface area (Å²) in [6.07, 6.45) is 14.2. The fourth-order valence-electron chi connectivity index (χ4n) is 3.78. The number of hydrogen-bond acceptors (Lipinski definition) is 4. The molecule has 5 nitrogen and oxygen atoms in total. The van der Waals surface area contributed by atoms with E-state index in [1.54, 1.807) is 0 Å². The normalized spacial score (nSPS) is 13.1. The summed E-state index contributed by atoms with van der Waals surface area (Å²) in [4.78, 5) is 12.5. The summed E-state index contributed by atoms with van der Waals surface area (Å²) in [7, 11) is 0.